The fourth-order valence-corrected chi connectivity index (χ4v) is 3.45. The smallest absolute Gasteiger partial charge is 0.325 e. The maximum atomic E-state index is 12.9. The molecule has 9 heteroatoms. The summed E-state index contributed by atoms with van der Waals surface area (Å²) >= 11 is 6.20. The Morgan fingerprint density at radius 3 is 2.55 bits per heavy atom. The zero-order valence-corrected chi connectivity index (χ0v) is 16.9. The molecule has 1 atom stereocenters. The molecule has 1 aliphatic heterocycles. The van der Waals surface area contributed by atoms with Gasteiger partial charge in [0.1, 0.15) is 23.6 Å². The van der Waals surface area contributed by atoms with Crippen molar-refractivity contribution in [3.8, 4) is 11.5 Å². The number of nitrogens with zero attached hydrogens (tertiary/aromatic N) is 1. The molecular formula is C20H20ClN3O5. The van der Waals surface area contributed by atoms with Gasteiger partial charge in [-0.3, -0.25) is 14.5 Å². The van der Waals surface area contributed by atoms with Crippen molar-refractivity contribution in [3.63, 3.8) is 0 Å². The Bertz CT molecular complexity index is 980. The topological polar surface area (TPSA) is 97.0 Å². The summed E-state index contributed by atoms with van der Waals surface area (Å²) in [6.45, 7) is 1.10. The second-order valence-corrected chi connectivity index (χ2v) is 6.95. The number of anilines is 1. The summed E-state index contributed by atoms with van der Waals surface area (Å²) in [5.41, 5.74) is -0.507. The highest BCUT2D eigenvalue weighted by atomic mass is 35.5. The van der Waals surface area contributed by atoms with Gasteiger partial charge in [-0.1, -0.05) is 29.8 Å². The summed E-state index contributed by atoms with van der Waals surface area (Å²) < 4.78 is 10.4. The van der Waals surface area contributed by atoms with Gasteiger partial charge in [-0.05, 0) is 25.1 Å². The summed E-state index contributed by atoms with van der Waals surface area (Å²) in [5, 5.41) is 5.61. The third-order valence-corrected chi connectivity index (χ3v) is 5.00. The first-order valence-corrected chi connectivity index (χ1v) is 9.09. The summed E-state index contributed by atoms with van der Waals surface area (Å²) in [6.07, 6.45) is 0. The molecule has 29 heavy (non-hydrogen) atoms. The van der Waals surface area contributed by atoms with E-state index in [1.807, 2.05) is 0 Å². The molecule has 1 aliphatic rings. The highest BCUT2D eigenvalue weighted by Gasteiger charge is 2.50. The van der Waals surface area contributed by atoms with Gasteiger partial charge in [-0.15, -0.1) is 0 Å². The molecule has 0 radical (unpaired) electrons. The highest BCUT2D eigenvalue weighted by molar-refractivity contribution is 6.32. The fourth-order valence-electron chi connectivity index (χ4n) is 3.12. The van der Waals surface area contributed by atoms with E-state index in [0.29, 0.717) is 27.8 Å². The van der Waals surface area contributed by atoms with Crippen LogP contribution < -0.4 is 20.1 Å². The van der Waals surface area contributed by atoms with Gasteiger partial charge in [0.05, 0.1) is 19.9 Å². The lowest BCUT2D eigenvalue weighted by Gasteiger charge is -2.23. The molecule has 0 unspecified atom stereocenters. The third-order valence-electron chi connectivity index (χ3n) is 4.67. The molecular weight excluding hydrogens is 398 g/mol. The van der Waals surface area contributed by atoms with Gasteiger partial charge in [0.15, 0.2) is 0 Å². The number of benzene rings is 2. The van der Waals surface area contributed by atoms with Crippen molar-refractivity contribution in [2.75, 3.05) is 26.1 Å². The summed E-state index contributed by atoms with van der Waals surface area (Å²) in [6, 6.07) is 10.9. The van der Waals surface area contributed by atoms with Crippen molar-refractivity contribution in [2.45, 2.75) is 12.5 Å². The molecule has 1 fully saturated rings. The molecule has 1 saturated heterocycles. The number of urea groups is 1. The number of carbonyl (C=O) groups is 3. The molecule has 0 aromatic heterocycles. The van der Waals surface area contributed by atoms with Crippen molar-refractivity contribution in [2.24, 2.45) is 0 Å². The van der Waals surface area contributed by atoms with Crippen LogP contribution in [0.4, 0.5) is 10.5 Å². The van der Waals surface area contributed by atoms with Crippen LogP contribution in [0.5, 0.6) is 11.5 Å². The second kappa shape index (κ2) is 8.00. The molecule has 0 bridgehead atoms. The Hall–Kier alpha value is -3.26. The van der Waals surface area contributed by atoms with Crippen molar-refractivity contribution in [1.82, 2.24) is 10.2 Å². The number of hydrogen-bond acceptors (Lipinski definition) is 5. The number of rotatable bonds is 6. The van der Waals surface area contributed by atoms with Crippen molar-refractivity contribution in [1.29, 1.82) is 0 Å². The highest BCUT2D eigenvalue weighted by Crippen LogP contribution is 2.33. The summed E-state index contributed by atoms with van der Waals surface area (Å²) in [4.78, 5) is 38.7. The van der Waals surface area contributed by atoms with Crippen LogP contribution in [0.15, 0.2) is 42.5 Å². The summed E-state index contributed by atoms with van der Waals surface area (Å²) in [5.74, 6) is -0.173. The minimum absolute atomic E-state index is 0.345. The Kier molecular flexibility index (Phi) is 5.65. The molecule has 0 aliphatic carbocycles. The standard InChI is InChI=1S/C20H20ClN3O5/c1-20(13-6-4-5-7-14(13)21)18(26)24(19(27)23-20)11-17(25)22-15-9-8-12(28-2)10-16(15)29-3/h4-10H,11H2,1-3H3,(H,22,25)(H,23,27)/t20-/m1/s1. The van der Waals surface area contributed by atoms with Crippen LogP contribution in [0.1, 0.15) is 12.5 Å². The number of methoxy groups -OCH3 is 2. The van der Waals surface area contributed by atoms with Crippen molar-refractivity contribution < 1.29 is 23.9 Å². The number of nitrogens with one attached hydrogen (secondary N) is 2. The maximum absolute atomic E-state index is 12.9. The molecule has 0 saturated carbocycles. The fraction of sp³-hybridized carbons (Fsp3) is 0.250. The van der Waals surface area contributed by atoms with Crippen molar-refractivity contribution in [3.05, 3.63) is 53.1 Å². The lowest BCUT2D eigenvalue weighted by Crippen LogP contribution is -2.42. The average Bonchev–Trinajstić information content (AvgIpc) is 2.92. The lowest BCUT2D eigenvalue weighted by atomic mass is 9.92. The van der Waals surface area contributed by atoms with E-state index < -0.39 is 29.9 Å². The van der Waals surface area contributed by atoms with Crippen molar-refractivity contribution >= 4 is 35.1 Å². The van der Waals surface area contributed by atoms with Gasteiger partial charge >= 0.3 is 6.03 Å². The van der Waals surface area contributed by atoms with Crippen LogP contribution in [0.25, 0.3) is 0 Å². The van der Waals surface area contributed by atoms with Crippen LogP contribution in [-0.4, -0.2) is 43.5 Å². The number of ether oxygens (including phenoxy) is 2. The molecule has 0 spiro atoms. The zero-order chi connectivity index (χ0) is 21.2. The maximum Gasteiger partial charge on any atom is 0.325 e. The largest absolute Gasteiger partial charge is 0.497 e. The van der Waals surface area contributed by atoms with Crippen LogP contribution >= 0.6 is 11.6 Å². The molecule has 3 rings (SSSR count). The number of hydrogen-bond donors (Lipinski definition) is 2. The van der Waals surface area contributed by atoms with E-state index in [4.69, 9.17) is 21.1 Å². The Balaban J connectivity index is 1.77. The Morgan fingerprint density at radius 1 is 1.17 bits per heavy atom. The minimum atomic E-state index is -1.35. The Morgan fingerprint density at radius 2 is 1.90 bits per heavy atom. The van der Waals surface area contributed by atoms with E-state index in [-0.39, 0.29) is 0 Å². The zero-order valence-electron chi connectivity index (χ0n) is 16.1. The van der Waals surface area contributed by atoms with Gasteiger partial charge in [0.2, 0.25) is 5.91 Å². The van der Waals surface area contributed by atoms with Gasteiger partial charge < -0.3 is 20.1 Å². The molecule has 2 aromatic rings. The molecule has 2 aromatic carbocycles. The first kappa shape index (κ1) is 20.5. The molecule has 1 heterocycles. The second-order valence-electron chi connectivity index (χ2n) is 6.54. The third kappa shape index (κ3) is 3.84. The quantitative estimate of drug-likeness (QED) is 0.704. The van der Waals surface area contributed by atoms with Crippen LogP contribution in [0.3, 0.4) is 0 Å². The monoisotopic (exact) mass is 417 g/mol. The number of amides is 4. The van der Waals surface area contributed by atoms with Crippen LogP contribution in [-0.2, 0) is 15.1 Å². The SMILES string of the molecule is COc1ccc(NC(=O)CN2C(=O)N[C@](C)(c3ccccc3Cl)C2=O)c(OC)c1. The van der Waals surface area contributed by atoms with Gasteiger partial charge in [0, 0.05) is 16.7 Å². The Labute approximate surface area is 172 Å². The molecule has 8 nitrogen and oxygen atoms in total. The van der Waals surface area contributed by atoms with Gasteiger partial charge in [-0.25, -0.2) is 4.79 Å². The van der Waals surface area contributed by atoms with Gasteiger partial charge in [0.25, 0.3) is 5.91 Å². The van der Waals surface area contributed by atoms with E-state index >= 15 is 0 Å². The first-order chi connectivity index (χ1) is 13.8. The van der Waals surface area contributed by atoms with Crippen LogP contribution in [0, 0.1) is 0 Å². The number of carbonyl (C=O) groups excluding carboxylic acids is 3. The van der Waals surface area contributed by atoms with E-state index in [1.165, 1.54) is 14.2 Å². The first-order valence-electron chi connectivity index (χ1n) is 8.71. The average molecular weight is 418 g/mol. The lowest BCUT2D eigenvalue weighted by molar-refractivity contribution is -0.133. The van der Waals surface area contributed by atoms with Crippen LogP contribution in [0.2, 0.25) is 5.02 Å². The number of halogens is 1. The van der Waals surface area contributed by atoms with E-state index in [2.05, 4.69) is 10.6 Å². The summed E-state index contributed by atoms with van der Waals surface area (Å²) in [7, 11) is 2.97. The molecule has 2 N–H and O–H groups in total. The molecule has 152 valence electrons. The van der Waals surface area contributed by atoms with Gasteiger partial charge in [-0.2, -0.15) is 0 Å². The van der Waals surface area contributed by atoms with E-state index in [0.717, 1.165) is 4.90 Å². The van der Waals surface area contributed by atoms with E-state index in [9.17, 15) is 14.4 Å². The normalized spacial score (nSPS) is 18.4. The predicted molar refractivity (Wildman–Crippen MR) is 107 cm³/mol. The molecule has 4 amide bonds. The van der Waals surface area contributed by atoms with E-state index in [1.54, 1.807) is 49.4 Å². The minimum Gasteiger partial charge on any atom is -0.497 e. The number of imide groups is 1. The predicted octanol–water partition coefficient (Wildman–Crippen LogP) is 2.76.